The van der Waals surface area contributed by atoms with Crippen LogP contribution in [0.4, 0.5) is 10.1 Å². The molecule has 2 heterocycles. The first-order valence-corrected chi connectivity index (χ1v) is 10.3. The molecular formula is C20H21FN3O2S+. The van der Waals surface area contributed by atoms with Crippen LogP contribution in [-0.4, -0.2) is 38.9 Å². The molecule has 5 nitrogen and oxygen atoms in total. The monoisotopic (exact) mass is 386 g/mol. The lowest BCUT2D eigenvalue weighted by Crippen LogP contribution is -2.48. The fraction of sp³-hybridized carbons (Fsp3) is 0.250. The first-order chi connectivity index (χ1) is 12.9. The van der Waals surface area contributed by atoms with Gasteiger partial charge in [0.15, 0.2) is 5.69 Å². The molecule has 0 aliphatic carbocycles. The minimum atomic E-state index is -3.60. The molecule has 1 saturated heterocycles. The number of anilines is 1. The molecule has 7 heteroatoms. The van der Waals surface area contributed by atoms with Gasteiger partial charge in [0.25, 0.3) is 0 Å². The summed E-state index contributed by atoms with van der Waals surface area (Å²) in [6.45, 7) is 4.02. The molecule has 0 bridgehead atoms. The van der Waals surface area contributed by atoms with Gasteiger partial charge in [-0.15, -0.1) is 0 Å². The van der Waals surface area contributed by atoms with E-state index in [-0.39, 0.29) is 4.90 Å². The molecule has 0 spiro atoms. The van der Waals surface area contributed by atoms with Crippen LogP contribution in [0.3, 0.4) is 0 Å². The summed E-state index contributed by atoms with van der Waals surface area (Å²) in [4.78, 5) is 5.72. The van der Waals surface area contributed by atoms with Crippen molar-refractivity contribution in [2.75, 3.05) is 31.1 Å². The van der Waals surface area contributed by atoms with Crippen molar-refractivity contribution in [3.63, 3.8) is 0 Å². The molecule has 1 aliphatic heterocycles. The van der Waals surface area contributed by atoms with E-state index >= 15 is 0 Å². The number of pyridine rings is 1. The number of nitrogens with one attached hydrogen (secondary N) is 1. The predicted octanol–water partition coefficient (Wildman–Crippen LogP) is 2.61. The van der Waals surface area contributed by atoms with Crippen LogP contribution in [-0.2, 0) is 10.0 Å². The molecule has 27 heavy (non-hydrogen) atoms. The van der Waals surface area contributed by atoms with Gasteiger partial charge in [-0.3, -0.25) is 0 Å². The van der Waals surface area contributed by atoms with E-state index in [2.05, 4.69) is 22.0 Å². The maximum Gasteiger partial charge on any atom is 0.243 e. The number of benzene rings is 2. The zero-order chi connectivity index (χ0) is 19.0. The van der Waals surface area contributed by atoms with Crippen LogP contribution >= 0.6 is 0 Å². The smallest absolute Gasteiger partial charge is 0.243 e. The first kappa shape index (κ1) is 17.9. The van der Waals surface area contributed by atoms with Gasteiger partial charge in [-0.1, -0.05) is 12.1 Å². The third-order valence-corrected chi connectivity index (χ3v) is 6.83. The Hall–Kier alpha value is -2.51. The summed E-state index contributed by atoms with van der Waals surface area (Å²) >= 11 is 0. The van der Waals surface area contributed by atoms with Crippen LogP contribution in [0.2, 0.25) is 0 Å². The van der Waals surface area contributed by atoms with Crippen LogP contribution in [0.15, 0.2) is 59.5 Å². The van der Waals surface area contributed by atoms with Crippen molar-refractivity contribution in [1.29, 1.82) is 0 Å². The zero-order valence-corrected chi connectivity index (χ0v) is 15.8. The van der Waals surface area contributed by atoms with Crippen LogP contribution in [0.25, 0.3) is 10.9 Å². The molecule has 4 rings (SSSR count). The number of halogens is 1. The summed E-state index contributed by atoms with van der Waals surface area (Å²) in [6.07, 6.45) is 0. The Morgan fingerprint density at radius 1 is 0.963 bits per heavy atom. The number of hydrogen-bond acceptors (Lipinski definition) is 3. The minimum absolute atomic E-state index is 0.132. The third kappa shape index (κ3) is 3.40. The summed E-state index contributed by atoms with van der Waals surface area (Å²) in [5, 5.41) is 1.12. The van der Waals surface area contributed by atoms with E-state index in [1.165, 1.54) is 28.6 Å². The van der Waals surface area contributed by atoms with Crippen molar-refractivity contribution in [1.82, 2.24) is 4.31 Å². The SMILES string of the molecule is Cc1cc(N2CCN(S(=O)(=O)c3ccc(F)cc3)CC2)c2ccccc2[nH+]1. The van der Waals surface area contributed by atoms with Crippen molar-refractivity contribution < 1.29 is 17.8 Å². The molecule has 2 aromatic carbocycles. The molecule has 0 amide bonds. The summed E-state index contributed by atoms with van der Waals surface area (Å²) < 4.78 is 40.1. The Morgan fingerprint density at radius 3 is 2.33 bits per heavy atom. The highest BCUT2D eigenvalue weighted by Gasteiger charge is 2.29. The molecule has 0 unspecified atom stereocenters. The van der Waals surface area contributed by atoms with E-state index < -0.39 is 15.8 Å². The largest absolute Gasteiger partial charge is 0.368 e. The highest BCUT2D eigenvalue weighted by Crippen LogP contribution is 2.27. The summed E-state index contributed by atoms with van der Waals surface area (Å²) in [5.41, 5.74) is 3.24. The average molecular weight is 386 g/mol. The Morgan fingerprint density at radius 2 is 1.63 bits per heavy atom. The molecule has 3 aromatic rings. The quantitative estimate of drug-likeness (QED) is 0.695. The van der Waals surface area contributed by atoms with Gasteiger partial charge < -0.3 is 4.90 Å². The van der Waals surface area contributed by atoms with Gasteiger partial charge in [0.2, 0.25) is 15.5 Å². The van der Waals surface area contributed by atoms with E-state index in [9.17, 15) is 12.8 Å². The van der Waals surface area contributed by atoms with E-state index in [1.807, 2.05) is 25.1 Å². The number of H-pyrrole nitrogens is 1. The predicted molar refractivity (Wildman–Crippen MR) is 103 cm³/mol. The van der Waals surface area contributed by atoms with Crippen LogP contribution < -0.4 is 9.88 Å². The fourth-order valence-electron chi connectivity index (χ4n) is 3.53. The number of fused-ring (bicyclic) bond motifs is 1. The van der Waals surface area contributed by atoms with Crippen LogP contribution in [0.1, 0.15) is 5.69 Å². The maximum atomic E-state index is 13.1. The number of piperazine rings is 1. The highest BCUT2D eigenvalue weighted by molar-refractivity contribution is 7.89. The van der Waals surface area contributed by atoms with E-state index in [4.69, 9.17) is 0 Å². The van der Waals surface area contributed by atoms with Crippen molar-refractivity contribution in [3.05, 3.63) is 66.1 Å². The lowest BCUT2D eigenvalue weighted by atomic mass is 10.1. The first-order valence-electron chi connectivity index (χ1n) is 8.87. The number of para-hydroxylation sites is 1. The van der Waals surface area contributed by atoms with Crippen molar-refractivity contribution in [3.8, 4) is 0 Å². The van der Waals surface area contributed by atoms with Gasteiger partial charge in [-0.2, -0.15) is 4.31 Å². The lowest BCUT2D eigenvalue weighted by molar-refractivity contribution is -0.354. The normalized spacial score (nSPS) is 16.0. The number of aromatic nitrogens is 1. The number of aromatic amines is 1. The Labute approximate surface area is 158 Å². The minimum Gasteiger partial charge on any atom is -0.368 e. The number of sulfonamides is 1. The standard InChI is InChI=1S/C20H20FN3O2S/c1-15-14-20(18-4-2-3-5-19(18)22-15)23-10-12-24(13-11-23)27(25,26)17-8-6-16(21)7-9-17/h2-9,14H,10-13H2,1H3/p+1. The molecule has 0 saturated carbocycles. The Balaban J connectivity index is 1.57. The van der Waals surface area contributed by atoms with Crippen molar-refractivity contribution in [2.24, 2.45) is 0 Å². The molecule has 140 valence electrons. The summed E-state index contributed by atoms with van der Waals surface area (Å²) in [7, 11) is -3.60. The van der Waals surface area contributed by atoms with Crippen molar-refractivity contribution in [2.45, 2.75) is 11.8 Å². The average Bonchev–Trinajstić information content (AvgIpc) is 2.68. The molecule has 0 radical (unpaired) electrons. The number of hydrogen-bond donors (Lipinski definition) is 0. The number of rotatable bonds is 3. The second kappa shape index (κ2) is 6.90. The third-order valence-electron chi connectivity index (χ3n) is 4.92. The highest BCUT2D eigenvalue weighted by atomic mass is 32.2. The zero-order valence-electron chi connectivity index (χ0n) is 15.0. The van der Waals surface area contributed by atoms with Gasteiger partial charge in [0.05, 0.1) is 16.0 Å². The van der Waals surface area contributed by atoms with Crippen LogP contribution in [0, 0.1) is 12.7 Å². The molecular weight excluding hydrogens is 365 g/mol. The number of aryl methyl sites for hydroxylation is 1. The van der Waals surface area contributed by atoms with E-state index in [1.54, 1.807) is 0 Å². The Bertz CT molecular complexity index is 1080. The summed E-state index contributed by atoms with van der Waals surface area (Å²) in [5.74, 6) is -0.443. The second-order valence-corrected chi connectivity index (χ2v) is 8.67. The van der Waals surface area contributed by atoms with Crippen LogP contribution in [0.5, 0.6) is 0 Å². The molecule has 1 aromatic heterocycles. The molecule has 0 atom stereocenters. The van der Waals surface area contributed by atoms with Gasteiger partial charge in [-0.25, -0.2) is 17.8 Å². The van der Waals surface area contributed by atoms with E-state index in [0.717, 1.165) is 22.3 Å². The van der Waals surface area contributed by atoms with Gasteiger partial charge in [-0.05, 0) is 30.3 Å². The van der Waals surface area contributed by atoms with Gasteiger partial charge >= 0.3 is 0 Å². The number of nitrogens with zero attached hydrogens (tertiary/aromatic N) is 2. The molecule has 1 aliphatic rings. The van der Waals surface area contributed by atoms with Gasteiger partial charge in [0, 0.05) is 45.2 Å². The topological polar surface area (TPSA) is 54.8 Å². The summed E-state index contributed by atoms with van der Waals surface area (Å²) in [6, 6.07) is 15.2. The lowest BCUT2D eigenvalue weighted by Gasteiger charge is -2.35. The molecule has 1 fully saturated rings. The Kier molecular flexibility index (Phi) is 4.57. The second-order valence-electron chi connectivity index (χ2n) is 6.73. The van der Waals surface area contributed by atoms with E-state index in [0.29, 0.717) is 26.2 Å². The fourth-order valence-corrected chi connectivity index (χ4v) is 4.96. The van der Waals surface area contributed by atoms with Crippen molar-refractivity contribution >= 4 is 26.6 Å². The van der Waals surface area contributed by atoms with Gasteiger partial charge in [0.1, 0.15) is 5.82 Å². The molecule has 1 N–H and O–H groups in total. The maximum absolute atomic E-state index is 13.1.